The number of hydrogen-bond donors (Lipinski definition) is 2. The van der Waals surface area contributed by atoms with Crippen molar-refractivity contribution in [3.05, 3.63) is 29.6 Å². The minimum absolute atomic E-state index is 0.366. The van der Waals surface area contributed by atoms with Crippen LogP contribution in [0.2, 0.25) is 0 Å². The zero-order chi connectivity index (χ0) is 13.2. The van der Waals surface area contributed by atoms with Crippen LogP contribution < -0.4 is 4.72 Å². The summed E-state index contributed by atoms with van der Waals surface area (Å²) < 4.78 is 63.3. The molecule has 0 aliphatic heterocycles. The SMILES string of the molecule is CC(CO)NS(=O)(=O)c1cc(F)c(F)c(F)c1. The number of rotatable bonds is 4. The third-order valence-corrected chi connectivity index (χ3v) is 3.47. The van der Waals surface area contributed by atoms with Gasteiger partial charge in [-0.05, 0) is 19.1 Å². The summed E-state index contributed by atoms with van der Waals surface area (Å²) in [6.07, 6.45) is 0. The van der Waals surface area contributed by atoms with E-state index in [0.29, 0.717) is 12.1 Å². The van der Waals surface area contributed by atoms with Crippen molar-refractivity contribution >= 4 is 10.0 Å². The maximum atomic E-state index is 12.8. The molecule has 0 saturated heterocycles. The highest BCUT2D eigenvalue weighted by Gasteiger charge is 2.21. The Bertz CT molecular complexity index is 495. The van der Waals surface area contributed by atoms with Crippen LogP contribution in [-0.2, 0) is 10.0 Å². The second-order valence-corrected chi connectivity index (χ2v) is 5.12. The first kappa shape index (κ1) is 13.9. The first-order chi connectivity index (χ1) is 7.77. The van der Waals surface area contributed by atoms with Crippen LogP contribution in [0.15, 0.2) is 17.0 Å². The van der Waals surface area contributed by atoms with E-state index in [1.165, 1.54) is 6.92 Å². The minimum Gasteiger partial charge on any atom is -0.395 e. The van der Waals surface area contributed by atoms with Gasteiger partial charge < -0.3 is 5.11 Å². The van der Waals surface area contributed by atoms with E-state index in [9.17, 15) is 21.6 Å². The van der Waals surface area contributed by atoms with Gasteiger partial charge >= 0.3 is 0 Å². The Balaban J connectivity index is 3.16. The van der Waals surface area contributed by atoms with Gasteiger partial charge in [0.25, 0.3) is 0 Å². The molecular formula is C9H10F3NO3S. The Hall–Kier alpha value is -1.12. The second-order valence-electron chi connectivity index (χ2n) is 3.41. The zero-order valence-electron chi connectivity index (χ0n) is 8.75. The smallest absolute Gasteiger partial charge is 0.241 e. The average molecular weight is 269 g/mol. The Morgan fingerprint density at radius 3 is 2.18 bits per heavy atom. The first-order valence-electron chi connectivity index (χ1n) is 4.55. The Labute approximate surface area is 96.1 Å². The molecule has 17 heavy (non-hydrogen) atoms. The Morgan fingerprint density at radius 1 is 1.29 bits per heavy atom. The minimum atomic E-state index is -4.19. The van der Waals surface area contributed by atoms with E-state index >= 15 is 0 Å². The molecule has 0 heterocycles. The van der Waals surface area contributed by atoms with E-state index in [-0.39, 0.29) is 0 Å². The summed E-state index contributed by atoms with van der Waals surface area (Å²) in [6, 6.07) is -0.0912. The van der Waals surface area contributed by atoms with E-state index in [1.807, 2.05) is 4.72 Å². The number of aliphatic hydroxyl groups is 1. The third-order valence-electron chi connectivity index (χ3n) is 1.90. The number of halogens is 3. The van der Waals surface area contributed by atoms with Crippen molar-refractivity contribution in [2.24, 2.45) is 0 Å². The van der Waals surface area contributed by atoms with Crippen molar-refractivity contribution in [3.8, 4) is 0 Å². The van der Waals surface area contributed by atoms with Crippen LogP contribution in [0.25, 0.3) is 0 Å². The van der Waals surface area contributed by atoms with Crippen molar-refractivity contribution in [3.63, 3.8) is 0 Å². The molecule has 1 unspecified atom stereocenters. The fraction of sp³-hybridized carbons (Fsp3) is 0.333. The van der Waals surface area contributed by atoms with Gasteiger partial charge in [0, 0.05) is 6.04 Å². The lowest BCUT2D eigenvalue weighted by Gasteiger charge is -2.11. The number of benzene rings is 1. The summed E-state index contributed by atoms with van der Waals surface area (Å²) in [6.45, 7) is 0.874. The molecule has 0 radical (unpaired) electrons. The highest BCUT2D eigenvalue weighted by Crippen LogP contribution is 2.17. The first-order valence-corrected chi connectivity index (χ1v) is 6.04. The van der Waals surface area contributed by atoms with Gasteiger partial charge in [-0.2, -0.15) is 0 Å². The number of aliphatic hydroxyl groups excluding tert-OH is 1. The van der Waals surface area contributed by atoms with Gasteiger partial charge in [-0.25, -0.2) is 26.3 Å². The monoisotopic (exact) mass is 269 g/mol. The Morgan fingerprint density at radius 2 is 1.76 bits per heavy atom. The van der Waals surface area contributed by atoms with E-state index in [4.69, 9.17) is 5.11 Å². The molecule has 8 heteroatoms. The predicted molar refractivity (Wildman–Crippen MR) is 53.2 cm³/mol. The van der Waals surface area contributed by atoms with Crippen LogP contribution in [0.5, 0.6) is 0 Å². The maximum Gasteiger partial charge on any atom is 0.241 e. The summed E-state index contributed by atoms with van der Waals surface area (Å²) in [5, 5.41) is 8.66. The quantitative estimate of drug-likeness (QED) is 0.793. The summed E-state index contributed by atoms with van der Waals surface area (Å²) >= 11 is 0. The van der Waals surface area contributed by atoms with E-state index < -0.39 is 45.0 Å². The van der Waals surface area contributed by atoms with Crippen LogP contribution in [0.4, 0.5) is 13.2 Å². The standard InChI is InChI=1S/C9H10F3NO3S/c1-5(4-14)13-17(15,16)6-2-7(10)9(12)8(11)3-6/h2-3,5,13-14H,4H2,1H3. The molecular weight excluding hydrogens is 259 g/mol. The summed E-state index contributed by atoms with van der Waals surface area (Å²) in [5.74, 6) is -4.93. The average Bonchev–Trinajstić information content (AvgIpc) is 2.24. The van der Waals surface area contributed by atoms with Crippen molar-refractivity contribution in [2.75, 3.05) is 6.61 Å². The zero-order valence-corrected chi connectivity index (χ0v) is 9.56. The number of hydrogen-bond acceptors (Lipinski definition) is 3. The Kier molecular flexibility index (Phi) is 4.12. The molecule has 0 bridgehead atoms. The summed E-state index contributed by atoms with van der Waals surface area (Å²) in [7, 11) is -4.19. The molecule has 0 aliphatic carbocycles. The van der Waals surface area contributed by atoms with Crippen molar-refractivity contribution in [1.29, 1.82) is 0 Å². The molecule has 1 atom stereocenters. The van der Waals surface area contributed by atoms with Crippen LogP contribution in [-0.4, -0.2) is 26.2 Å². The molecule has 0 fully saturated rings. The van der Waals surface area contributed by atoms with Gasteiger partial charge in [0.2, 0.25) is 10.0 Å². The van der Waals surface area contributed by atoms with Gasteiger partial charge in [0.05, 0.1) is 11.5 Å². The van der Waals surface area contributed by atoms with Gasteiger partial charge in [0.15, 0.2) is 17.5 Å². The van der Waals surface area contributed by atoms with Crippen molar-refractivity contribution in [2.45, 2.75) is 17.9 Å². The highest BCUT2D eigenvalue weighted by molar-refractivity contribution is 7.89. The highest BCUT2D eigenvalue weighted by atomic mass is 32.2. The van der Waals surface area contributed by atoms with Crippen LogP contribution in [0.1, 0.15) is 6.92 Å². The van der Waals surface area contributed by atoms with Gasteiger partial charge in [-0.1, -0.05) is 0 Å². The molecule has 1 rings (SSSR count). The fourth-order valence-electron chi connectivity index (χ4n) is 1.06. The van der Waals surface area contributed by atoms with E-state index in [2.05, 4.69) is 0 Å². The summed E-state index contributed by atoms with van der Waals surface area (Å²) in [5.41, 5.74) is 0. The molecule has 4 nitrogen and oxygen atoms in total. The molecule has 0 amide bonds. The summed E-state index contributed by atoms with van der Waals surface area (Å²) in [4.78, 5) is -0.741. The normalized spacial score (nSPS) is 13.7. The predicted octanol–water partition coefficient (Wildman–Crippen LogP) is 0.763. The largest absolute Gasteiger partial charge is 0.395 e. The molecule has 0 aromatic heterocycles. The maximum absolute atomic E-state index is 12.8. The number of sulfonamides is 1. The third kappa shape index (κ3) is 3.18. The van der Waals surface area contributed by atoms with Gasteiger partial charge in [-0.15, -0.1) is 0 Å². The topological polar surface area (TPSA) is 66.4 Å². The van der Waals surface area contributed by atoms with Crippen molar-refractivity contribution in [1.82, 2.24) is 4.72 Å². The van der Waals surface area contributed by atoms with Crippen molar-refractivity contribution < 1.29 is 26.7 Å². The molecule has 1 aromatic rings. The molecule has 96 valence electrons. The lowest BCUT2D eigenvalue weighted by Crippen LogP contribution is -2.35. The van der Waals surface area contributed by atoms with Crippen LogP contribution in [0.3, 0.4) is 0 Å². The van der Waals surface area contributed by atoms with Gasteiger partial charge in [-0.3, -0.25) is 0 Å². The molecule has 1 aromatic carbocycles. The lowest BCUT2D eigenvalue weighted by molar-refractivity contribution is 0.265. The number of nitrogens with one attached hydrogen (secondary N) is 1. The van der Waals surface area contributed by atoms with E-state index in [1.54, 1.807) is 0 Å². The fourth-order valence-corrected chi connectivity index (χ4v) is 2.32. The van der Waals surface area contributed by atoms with E-state index in [0.717, 1.165) is 0 Å². The lowest BCUT2D eigenvalue weighted by atomic mass is 10.3. The van der Waals surface area contributed by atoms with Gasteiger partial charge in [0.1, 0.15) is 0 Å². The molecule has 0 saturated carbocycles. The molecule has 0 aliphatic rings. The molecule has 0 spiro atoms. The molecule has 2 N–H and O–H groups in total. The van der Waals surface area contributed by atoms with Crippen LogP contribution >= 0.6 is 0 Å². The second kappa shape index (κ2) is 5.03. The van der Waals surface area contributed by atoms with Crippen LogP contribution in [0, 0.1) is 17.5 Å².